The molecule has 74 valence electrons. The summed E-state index contributed by atoms with van der Waals surface area (Å²) in [5, 5.41) is 0.666. The lowest BCUT2D eigenvalue weighted by Gasteiger charge is -2.09. The lowest BCUT2D eigenvalue weighted by molar-refractivity contribution is -0.178. The highest BCUT2D eigenvalue weighted by Crippen LogP contribution is 2.30. The van der Waals surface area contributed by atoms with Gasteiger partial charge >= 0.3 is 0 Å². The Hall–Kier alpha value is -0.440. The van der Waals surface area contributed by atoms with Crippen molar-refractivity contribution < 1.29 is 9.78 Å². The van der Waals surface area contributed by atoms with E-state index < -0.39 is 0 Å². The monoisotopic (exact) mass is 322 g/mol. The van der Waals surface area contributed by atoms with Crippen LogP contribution in [0.25, 0.3) is 0 Å². The number of hydrogen-bond acceptors (Lipinski definition) is 2. The third kappa shape index (κ3) is 2.53. The van der Waals surface area contributed by atoms with E-state index in [1.165, 1.54) is 7.11 Å². The molecule has 4 heteroatoms. The molecule has 0 unspecified atom stereocenters. The van der Waals surface area contributed by atoms with Crippen LogP contribution in [0.4, 0.5) is 0 Å². The number of rotatable bonds is 3. The molecule has 0 aliphatic carbocycles. The minimum atomic E-state index is 0.470. The van der Waals surface area contributed by atoms with Crippen molar-refractivity contribution in [1.82, 2.24) is 0 Å². The van der Waals surface area contributed by atoms with Gasteiger partial charge in [-0.1, -0.05) is 11.6 Å². The Balaban J connectivity index is 3.17. The number of hydrogen-bond donors (Lipinski definition) is 0. The fourth-order valence-corrected chi connectivity index (χ4v) is 1.82. The second-order valence-corrected chi connectivity index (χ2v) is 3.95. The molecule has 1 aromatic carbocycles. The molecule has 0 amide bonds. The summed E-state index contributed by atoms with van der Waals surface area (Å²) in [6.45, 7) is 0. The van der Waals surface area contributed by atoms with Crippen LogP contribution < -0.4 is 4.89 Å². The first-order valence-electron chi connectivity index (χ1n) is 3.81. The highest BCUT2D eigenvalue weighted by atomic mass is 127. The summed E-state index contributed by atoms with van der Waals surface area (Å²) in [6, 6.07) is 3.48. The number of terminal acetylenes is 1. The maximum Gasteiger partial charge on any atom is 0.170 e. The van der Waals surface area contributed by atoms with Crippen molar-refractivity contribution in [2.24, 2.45) is 0 Å². The quantitative estimate of drug-likeness (QED) is 0.368. The predicted molar refractivity (Wildman–Crippen MR) is 64.3 cm³/mol. The first-order chi connectivity index (χ1) is 6.70. The summed E-state index contributed by atoms with van der Waals surface area (Å²) >= 11 is 8.08. The van der Waals surface area contributed by atoms with Crippen LogP contribution in [-0.4, -0.2) is 7.11 Å². The summed E-state index contributed by atoms with van der Waals surface area (Å²) < 4.78 is 0.900. The Morgan fingerprint density at radius 1 is 1.57 bits per heavy atom. The van der Waals surface area contributed by atoms with E-state index in [4.69, 9.17) is 22.9 Å². The molecule has 14 heavy (non-hydrogen) atoms. The Morgan fingerprint density at radius 3 is 2.86 bits per heavy atom. The Kier molecular flexibility index (Phi) is 4.52. The zero-order valence-electron chi connectivity index (χ0n) is 7.51. The molecular weight excluding hydrogens is 314 g/mol. The summed E-state index contributed by atoms with van der Waals surface area (Å²) in [7, 11) is 1.45. The molecule has 0 spiro atoms. The molecular formula is C10H8ClIO2. The van der Waals surface area contributed by atoms with Crippen LogP contribution in [0, 0.1) is 15.9 Å². The second kappa shape index (κ2) is 5.44. The zero-order chi connectivity index (χ0) is 10.6. The van der Waals surface area contributed by atoms with E-state index in [1.54, 1.807) is 12.1 Å². The maximum atomic E-state index is 5.95. The normalized spacial score (nSPS) is 9.57. The van der Waals surface area contributed by atoms with E-state index in [0.29, 0.717) is 17.2 Å². The fraction of sp³-hybridized carbons (Fsp3) is 0.200. The van der Waals surface area contributed by atoms with Crippen LogP contribution in [0.3, 0.4) is 0 Å². The van der Waals surface area contributed by atoms with E-state index >= 15 is 0 Å². The van der Waals surface area contributed by atoms with E-state index in [9.17, 15) is 0 Å². The Labute approximate surface area is 102 Å². The van der Waals surface area contributed by atoms with Crippen LogP contribution in [0.5, 0.6) is 5.75 Å². The van der Waals surface area contributed by atoms with Gasteiger partial charge in [-0.2, -0.15) is 4.89 Å². The van der Waals surface area contributed by atoms with Crippen molar-refractivity contribution in [3.05, 3.63) is 26.3 Å². The molecule has 0 bridgehead atoms. The molecule has 0 aliphatic rings. The molecule has 0 aliphatic heterocycles. The molecule has 0 radical (unpaired) electrons. The molecule has 1 rings (SSSR count). The predicted octanol–water partition coefficient (Wildman–Crippen LogP) is 3.06. The molecule has 0 aromatic heterocycles. The molecule has 0 saturated carbocycles. The van der Waals surface area contributed by atoms with E-state index in [2.05, 4.69) is 33.4 Å². The fourth-order valence-electron chi connectivity index (χ4n) is 1.01. The van der Waals surface area contributed by atoms with Crippen LogP contribution in [0.15, 0.2) is 12.1 Å². The van der Waals surface area contributed by atoms with E-state index in [0.717, 1.165) is 9.13 Å². The van der Waals surface area contributed by atoms with Crippen molar-refractivity contribution >= 4 is 34.2 Å². The van der Waals surface area contributed by atoms with Gasteiger partial charge in [0.15, 0.2) is 5.75 Å². The van der Waals surface area contributed by atoms with Gasteiger partial charge in [-0.05, 0) is 34.7 Å². The van der Waals surface area contributed by atoms with Crippen molar-refractivity contribution in [1.29, 1.82) is 0 Å². The average molecular weight is 323 g/mol. The third-order valence-corrected chi connectivity index (χ3v) is 3.47. The maximum absolute atomic E-state index is 5.95. The van der Waals surface area contributed by atoms with Crippen LogP contribution in [-0.2, 0) is 11.3 Å². The van der Waals surface area contributed by atoms with Crippen LogP contribution in [0.1, 0.15) is 5.56 Å². The first-order valence-corrected chi connectivity index (χ1v) is 5.27. The van der Waals surface area contributed by atoms with Crippen molar-refractivity contribution in [2.45, 2.75) is 6.42 Å². The van der Waals surface area contributed by atoms with Gasteiger partial charge in [0.25, 0.3) is 0 Å². The molecule has 0 N–H and O–H groups in total. The summed E-state index contributed by atoms with van der Waals surface area (Å²) in [6.07, 6.45) is 5.72. The van der Waals surface area contributed by atoms with Crippen LogP contribution in [0.2, 0.25) is 5.02 Å². The minimum Gasteiger partial charge on any atom is -0.337 e. The van der Waals surface area contributed by atoms with Gasteiger partial charge in [-0.15, -0.1) is 12.3 Å². The number of benzene rings is 1. The van der Waals surface area contributed by atoms with Crippen LogP contribution >= 0.6 is 34.2 Å². The summed E-state index contributed by atoms with van der Waals surface area (Å²) in [5.41, 5.74) is 0.877. The molecule has 1 aromatic rings. The smallest absolute Gasteiger partial charge is 0.170 e. The standard InChI is InChI=1S/C10H8ClIO2/c1-3-4-7-9(14-13-2)6-5-8(11)10(7)12/h1,5-6H,4H2,2H3. The van der Waals surface area contributed by atoms with Gasteiger partial charge in [-0.25, -0.2) is 0 Å². The van der Waals surface area contributed by atoms with Gasteiger partial charge in [0, 0.05) is 15.6 Å². The largest absolute Gasteiger partial charge is 0.337 e. The third-order valence-electron chi connectivity index (χ3n) is 1.61. The Bertz CT molecular complexity index is 371. The lowest BCUT2D eigenvalue weighted by Crippen LogP contribution is -1.98. The molecule has 2 nitrogen and oxygen atoms in total. The van der Waals surface area contributed by atoms with Gasteiger partial charge in [0.05, 0.1) is 12.1 Å². The lowest BCUT2D eigenvalue weighted by atomic mass is 10.1. The zero-order valence-corrected chi connectivity index (χ0v) is 10.4. The van der Waals surface area contributed by atoms with E-state index in [1.807, 2.05) is 0 Å². The van der Waals surface area contributed by atoms with Gasteiger partial charge in [-0.3, -0.25) is 0 Å². The summed E-state index contributed by atoms with van der Waals surface area (Å²) in [5.74, 6) is 3.16. The molecule has 0 atom stereocenters. The van der Waals surface area contributed by atoms with Crippen molar-refractivity contribution in [3.8, 4) is 18.1 Å². The first kappa shape index (κ1) is 11.6. The highest BCUT2D eigenvalue weighted by molar-refractivity contribution is 14.1. The topological polar surface area (TPSA) is 18.5 Å². The average Bonchev–Trinajstić information content (AvgIpc) is 2.18. The molecule has 0 heterocycles. The highest BCUT2D eigenvalue weighted by Gasteiger charge is 2.10. The SMILES string of the molecule is C#CCc1c(OOC)ccc(Cl)c1I. The van der Waals surface area contributed by atoms with Gasteiger partial charge < -0.3 is 4.89 Å². The number of halogens is 2. The molecule has 0 fully saturated rings. The van der Waals surface area contributed by atoms with Crippen molar-refractivity contribution in [3.63, 3.8) is 0 Å². The second-order valence-electron chi connectivity index (χ2n) is 2.47. The van der Waals surface area contributed by atoms with Crippen molar-refractivity contribution in [2.75, 3.05) is 7.11 Å². The minimum absolute atomic E-state index is 0.470. The summed E-state index contributed by atoms with van der Waals surface area (Å²) in [4.78, 5) is 9.56. The van der Waals surface area contributed by atoms with E-state index in [-0.39, 0.29) is 0 Å². The molecule has 0 saturated heterocycles. The van der Waals surface area contributed by atoms with Gasteiger partial charge in [0.1, 0.15) is 0 Å². The van der Waals surface area contributed by atoms with Gasteiger partial charge in [0.2, 0.25) is 0 Å². The Morgan fingerprint density at radius 2 is 2.29 bits per heavy atom.